The van der Waals surface area contributed by atoms with Gasteiger partial charge in [0.25, 0.3) is 17.7 Å². The number of benzene rings is 12. The van der Waals surface area contributed by atoms with Crippen LogP contribution in [0.2, 0.25) is 0 Å². The third kappa shape index (κ3) is 24.5. The molecule has 0 saturated carbocycles. The molecule has 0 saturated heterocycles. The maximum atomic E-state index is 12.9. The lowest BCUT2D eigenvalue weighted by Crippen LogP contribution is -2.40. The van der Waals surface area contributed by atoms with Crippen molar-refractivity contribution < 1.29 is 32.4 Å². The molecule has 6 aromatic heterocycles. The Hall–Kier alpha value is -16.0. The number of carbonyl (C=O) groups is 4. The van der Waals surface area contributed by atoms with E-state index in [1.807, 2.05) is 85.9 Å². The summed E-state index contributed by atoms with van der Waals surface area (Å²) in [6.45, 7) is 18.9. The molecule has 12 aromatic carbocycles. The molecular formula is C115H122FN17O6. The van der Waals surface area contributed by atoms with E-state index in [0.717, 1.165) is 77.5 Å². The van der Waals surface area contributed by atoms with Crippen LogP contribution in [0.5, 0.6) is 0 Å². The normalized spacial score (nSPS) is 12.1. The molecule has 0 radical (unpaired) electrons. The number of imidazole rings is 4. The number of halogens is 1. The van der Waals surface area contributed by atoms with Crippen molar-refractivity contribution in [3.8, 4) is 0 Å². The number of amides is 4. The molecule has 4 amide bonds. The summed E-state index contributed by atoms with van der Waals surface area (Å²) in [4.78, 5) is 55.1. The van der Waals surface area contributed by atoms with Gasteiger partial charge in [0.2, 0.25) is 28.3 Å². The average molecular weight is 1860 g/mol. The first kappa shape index (κ1) is 97.6. The number of Topliss-reactive ketones (excluding diaryl/α,β-unsaturated/α-hetero) is 1. The fourth-order valence-corrected chi connectivity index (χ4v) is 17.8. The minimum Gasteiger partial charge on any atom is -0.459 e. The predicted octanol–water partition coefficient (Wildman–Crippen LogP) is 20.5. The standard InChI is InChI=1S/2C30H30N4O2.C28H33N5O.C27H29FN4O/c1-21-9-13-23(14-10-21)18-25(19-32-29(35)28-8-5-17-36-28)34-27-7-4-3-6-26(27)33(30(34)31)20-24-15-11-22(2)12-16-24;1-21-7-11-23(12-8-21)19-25(15-16-28(35)29-32-17-18-36-29)34-27-6-4-3-5-26(27)33(30(34)31)20-24-13-9-22(2)10-14-24;1-20-9-13-22(14-10-20)17-24(18-30-28(34)31(3)4)33-26-8-6-5-7-25(26)32(27(33)29)19-23-15-11-21(2)12-16-23;1-19-7-11-21(12-8-19)15-23(17-30-26(33)16-28)32-25-6-4-3-5-24(25)31(27(32)29)18-22-13-9-20(2)10-14-22/h3-17,25,31H,18-20H2,1-2H3,(H,32,35);3-14,17-18,25,31H,15-16,19-20H2,1-2H3;5-16,24,29H,17-19H2,1-4H3,(H,30,34);3-14,23,29H,15-18H2,1-2H3,(H,30,33)/t2*25-;24-;23-/m0100/s1. The number of aromatic nitrogens is 9. The number of ketones is 1. The van der Waals surface area contributed by atoms with Gasteiger partial charge in [0.05, 0.1) is 101 Å². The summed E-state index contributed by atoms with van der Waals surface area (Å²) >= 11 is 0. The number of para-hydroxylation sites is 8. The van der Waals surface area contributed by atoms with Gasteiger partial charge in [-0.2, -0.15) is 0 Å². The molecule has 0 aliphatic heterocycles. The van der Waals surface area contributed by atoms with Crippen molar-refractivity contribution in [3.63, 3.8) is 0 Å². The van der Waals surface area contributed by atoms with Crippen LogP contribution in [0.1, 0.15) is 147 Å². The number of alkyl halides is 1. The van der Waals surface area contributed by atoms with Gasteiger partial charge in [0, 0.05) is 46.2 Å². The summed E-state index contributed by atoms with van der Waals surface area (Å²) in [7, 11) is 3.47. The first-order valence-corrected chi connectivity index (χ1v) is 47.2. The van der Waals surface area contributed by atoms with Gasteiger partial charge < -0.3 is 66.2 Å². The maximum absolute atomic E-state index is 12.9. The molecule has 6 heterocycles. The Kier molecular flexibility index (Phi) is 32.0. The van der Waals surface area contributed by atoms with Gasteiger partial charge in [-0.3, -0.25) is 36.0 Å². The predicted molar refractivity (Wildman–Crippen MR) is 547 cm³/mol. The molecule has 0 spiro atoms. The number of nitrogens with one attached hydrogen (secondary N) is 7. The van der Waals surface area contributed by atoms with E-state index in [1.54, 1.807) is 26.2 Å². The Balaban J connectivity index is 0.000000140. The SMILES string of the molecule is Cc1ccc(C[C@@H](CCC(=O)c2ncco2)n2c(=N)n(Cc3ccc(C)cc3)c3ccccc32)cc1.Cc1ccc(C[C@@H](CNC(=O)CF)n2c(=N)n(Cc3ccc(C)cc3)c3ccccc32)cc1.Cc1ccc(C[C@@H](CNC(=O)N(C)C)n2c(=N)n(Cc3ccc(C)cc3)c3ccccc32)cc1.Cc1ccc(C[C@@H](CNC(=O)c2ccco2)n2c(=N)n(Cc3ccc(C)cc3)c3ccccc32)cc1. The van der Waals surface area contributed by atoms with Crippen molar-refractivity contribution in [2.45, 2.75) is 144 Å². The quantitative estimate of drug-likeness (QED) is 0.0200. The second kappa shape index (κ2) is 45.6. The van der Waals surface area contributed by atoms with E-state index in [9.17, 15) is 34.4 Å². The van der Waals surface area contributed by atoms with Gasteiger partial charge in [0.1, 0.15) is 6.26 Å². The smallest absolute Gasteiger partial charge is 0.316 e. The van der Waals surface area contributed by atoms with Gasteiger partial charge in [-0.05, 0) is 193 Å². The Morgan fingerprint density at radius 1 is 0.331 bits per heavy atom. The molecule has 18 rings (SSSR count). The van der Waals surface area contributed by atoms with E-state index < -0.39 is 12.6 Å². The fourth-order valence-electron chi connectivity index (χ4n) is 17.8. The van der Waals surface area contributed by atoms with Gasteiger partial charge in [-0.15, -0.1) is 0 Å². The van der Waals surface area contributed by atoms with E-state index in [4.69, 9.17) is 19.7 Å². The lowest BCUT2D eigenvalue weighted by Gasteiger charge is -2.22. The highest BCUT2D eigenvalue weighted by molar-refractivity contribution is 5.92. The van der Waals surface area contributed by atoms with E-state index in [0.29, 0.717) is 100 Å². The highest BCUT2D eigenvalue weighted by Crippen LogP contribution is 2.30. The summed E-state index contributed by atoms with van der Waals surface area (Å²) in [5.74, 6) is -0.600. The minimum absolute atomic E-state index is 0.0803. The number of rotatable bonds is 32. The van der Waals surface area contributed by atoms with Crippen LogP contribution in [0.4, 0.5) is 9.18 Å². The molecule has 24 heteroatoms. The summed E-state index contributed by atoms with van der Waals surface area (Å²) < 4.78 is 39.7. The number of furan rings is 1. The first-order chi connectivity index (χ1) is 67.3. The zero-order valence-corrected chi connectivity index (χ0v) is 80.6. The van der Waals surface area contributed by atoms with Gasteiger partial charge in [-0.1, -0.05) is 287 Å². The number of hydrogen-bond acceptors (Lipinski definition) is 11. The van der Waals surface area contributed by atoms with Crippen LogP contribution in [0.15, 0.2) is 331 Å². The largest absolute Gasteiger partial charge is 0.459 e. The number of aryl methyl sites for hydroxylation is 8. The molecule has 7 N–H and O–H groups in total. The number of oxazole rings is 1. The lowest BCUT2D eigenvalue weighted by molar-refractivity contribution is -0.122. The minimum atomic E-state index is -1.05. The van der Waals surface area contributed by atoms with Gasteiger partial charge in [0.15, 0.2) is 12.4 Å². The van der Waals surface area contributed by atoms with Crippen LogP contribution >= 0.6 is 0 Å². The van der Waals surface area contributed by atoms with Crippen LogP contribution in [-0.2, 0) is 56.7 Å². The van der Waals surface area contributed by atoms with Crippen molar-refractivity contribution >= 4 is 67.8 Å². The molecule has 0 bridgehead atoms. The fraction of sp³-hybridized carbons (Fsp3) is 0.243. The molecule has 23 nitrogen and oxygen atoms in total. The second-order valence-corrected chi connectivity index (χ2v) is 36.4. The third-order valence-corrected chi connectivity index (χ3v) is 25.5. The zero-order valence-electron chi connectivity index (χ0n) is 80.6. The average Bonchev–Trinajstić information content (AvgIpc) is 1.63. The number of nitrogens with zero attached hydrogens (tertiary/aromatic N) is 10. The molecular weight excluding hydrogens is 1730 g/mol. The Labute approximate surface area is 809 Å². The van der Waals surface area contributed by atoms with Crippen LogP contribution < -0.4 is 38.4 Å². The number of carbonyl (C=O) groups excluding carboxylic acids is 4. The molecule has 710 valence electrons. The van der Waals surface area contributed by atoms with Gasteiger partial charge >= 0.3 is 6.03 Å². The Morgan fingerprint density at radius 2 is 0.604 bits per heavy atom. The molecule has 18 aromatic rings. The lowest BCUT2D eigenvalue weighted by atomic mass is 9.99. The van der Waals surface area contributed by atoms with Crippen LogP contribution in [0.3, 0.4) is 0 Å². The summed E-state index contributed by atoms with van der Waals surface area (Å²) in [6, 6.07) is 102. The Morgan fingerprint density at radius 3 is 0.878 bits per heavy atom. The topological polar surface area (TPSA) is 282 Å². The zero-order chi connectivity index (χ0) is 97.8. The molecule has 0 fully saturated rings. The summed E-state index contributed by atoms with van der Waals surface area (Å²) in [5.41, 5.74) is 28.3. The third-order valence-electron chi connectivity index (χ3n) is 25.5. The van der Waals surface area contributed by atoms with E-state index in [2.05, 4.69) is 318 Å². The molecule has 139 heavy (non-hydrogen) atoms. The number of urea groups is 1. The van der Waals surface area contributed by atoms with Crippen LogP contribution in [0.25, 0.3) is 44.1 Å². The molecule has 0 aliphatic carbocycles. The monoisotopic (exact) mass is 1860 g/mol. The number of hydrogen-bond donors (Lipinski definition) is 7. The molecule has 0 unspecified atom stereocenters. The highest BCUT2D eigenvalue weighted by Gasteiger charge is 2.28. The van der Waals surface area contributed by atoms with Gasteiger partial charge in [-0.25, -0.2) is 14.2 Å². The van der Waals surface area contributed by atoms with E-state index in [1.165, 1.54) is 79.3 Å². The van der Waals surface area contributed by atoms with Crippen molar-refractivity contribution in [2.24, 2.45) is 0 Å². The van der Waals surface area contributed by atoms with E-state index >= 15 is 0 Å². The highest BCUT2D eigenvalue weighted by atomic mass is 19.1. The van der Waals surface area contributed by atoms with Crippen molar-refractivity contribution in [3.05, 3.63) is 445 Å². The van der Waals surface area contributed by atoms with E-state index in [-0.39, 0.29) is 60.1 Å². The first-order valence-electron chi connectivity index (χ1n) is 47.2. The summed E-state index contributed by atoms with van der Waals surface area (Å²) in [6.07, 6.45) is 7.99. The van der Waals surface area contributed by atoms with Crippen LogP contribution in [0, 0.1) is 77.0 Å². The van der Waals surface area contributed by atoms with Crippen LogP contribution in [-0.4, -0.2) is 110 Å². The van der Waals surface area contributed by atoms with Crippen molar-refractivity contribution in [1.29, 1.82) is 21.6 Å². The molecule has 4 atom stereocenters. The second-order valence-electron chi connectivity index (χ2n) is 36.4. The van der Waals surface area contributed by atoms with Crippen molar-refractivity contribution in [2.75, 3.05) is 40.4 Å². The Bertz CT molecular complexity index is 7230. The number of fused-ring (bicyclic) bond motifs is 4. The summed E-state index contributed by atoms with van der Waals surface area (Å²) in [5, 5.41) is 45.4. The molecule has 0 aliphatic rings. The van der Waals surface area contributed by atoms with Crippen molar-refractivity contribution in [1.82, 2.24) is 62.4 Å². The maximum Gasteiger partial charge on any atom is 0.316 e.